The quantitative estimate of drug-likeness (QED) is 0.752. The van der Waals surface area contributed by atoms with Gasteiger partial charge in [0.25, 0.3) is 0 Å². The van der Waals surface area contributed by atoms with Crippen LogP contribution in [0.2, 0.25) is 0 Å². The van der Waals surface area contributed by atoms with Gasteiger partial charge in [-0.25, -0.2) is 9.78 Å². The van der Waals surface area contributed by atoms with E-state index >= 15 is 0 Å². The van der Waals surface area contributed by atoms with E-state index in [9.17, 15) is 4.79 Å². The third-order valence-corrected chi connectivity index (χ3v) is 3.71. The van der Waals surface area contributed by atoms with Crippen molar-refractivity contribution in [3.63, 3.8) is 0 Å². The maximum Gasteiger partial charge on any atom is 0.357 e. The minimum atomic E-state index is -1.09. The Labute approximate surface area is 133 Å². The van der Waals surface area contributed by atoms with Gasteiger partial charge in [0.05, 0.1) is 6.54 Å². The number of nitrogens with zero attached hydrogens (tertiary/aromatic N) is 2. The summed E-state index contributed by atoms with van der Waals surface area (Å²) in [5, 5.41) is 9.98. The summed E-state index contributed by atoms with van der Waals surface area (Å²) in [7, 11) is 1.94. The van der Waals surface area contributed by atoms with Crippen LogP contribution in [0, 0.1) is 0 Å². The number of fused-ring (bicyclic) bond motifs is 1. The van der Waals surface area contributed by atoms with Gasteiger partial charge in [0.1, 0.15) is 17.6 Å². The predicted octanol–water partition coefficient (Wildman–Crippen LogP) is 3.31. The van der Waals surface area contributed by atoms with Crippen molar-refractivity contribution < 1.29 is 18.7 Å². The van der Waals surface area contributed by atoms with Crippen LogP contribution in [0.4, 0.5) is 0 Å². The smallest absolute Gasteiger partial charge is 0.357 e. The van der Waals surface area contributed by atoms with E-state index < -0.39 is 5.97 Å². The molecule has 0 amide bonds. The zero-order chi connectivity index (χ0) is 16.4. The van der Waals surface area contributed by atoms with Crippen LogP contribution in [0.5, 0.6) is 0 Å². The molecule has 0 atom stereocenters. The van der Waals surface area contributed by atoms with E-state index in [-0.39, 0.29) is 5.69 Å². The van der Waals surface area contributed by atoms with Crippen LogP contribution in [0.3, 0.4) is 0 Å². The fraction of sp³-hybridized carbons (Fsp3) is 0.294. The van der Waals surface area contributed by atoms with Gasteiger partial charge in [-0.05, 0) is 13.1 Å². The molecule has 6 heteroatoms. The Hall–Kier alpha value is -2.60. The molecule has 0 unspecified atom stereocenters. The Morgan fingerprint density at radius 1 is 1.30 bits per heavy atom. The highest BCUT2D eigenvalue weighted by atomic mass is 16.4. The number of rotatable bonds is 6. The standard InChI is InChI=1S/C17H18N2O4/c1-3-14-12(11-6-4-5-7-15(11)23-14)8-19(2)9-16-18-13(10-22-16)17(20)21/h4-7,10H,3,8-9H2,1-2H3,(H,20,21). The third-order valence-electron chi connectivity index (χ3n) is 3.71. The first kappa shape index (κ1) is 15.3. The van der Waals surface area contributed by atoms with Crippen molar-refractivity contribution in [2.24, 2.45) is 0 Å². The normalized spacial score (nSPS) is 11.4. The molecule has 0 aliphatic rings. The minimum absolute atomic E-state index is 0.0728. The van der Waals surface area contributed by atoms with Gasteiger partial charge < -0.3 is 13.9 Å². The molecule has 0 saturated heterocycles. The molecule has 2 aromatic heterocycles. The zero-order valence-electron chi connectivity index (χ0n) is 13.1. The molecule has 0 aliphatic carbocycles. The summed E-state index contributed by atoms with van der Waals surface area (Å²) < 4.78 is 11.1. The summed E-state index contributed by atoms with van der Waals surface area (Å²) in [5.74, 6) is 0.268. The van der Waals surface area contributed by atoms with Gasteiger partial charge in [-0.15, -0.1) is 0 Å². The Morgan fingerprint density at radius 3 is 2.78 bits per heavy atom. The van der Waals surface area contributed by atoms with Crippen LogP contribution in [0.15, 0.2) is 39.4 Å². The molecule has 1 aromatic carbocycles. The average molecular weight is 314 g/mol. The largest absolute Gasteiger partial charge is 0.476 e. The molecule has 3 aromatic rings. The molecule has 120 valence electrons. The van der Waals surface area contributed by atoms with E-state index in [1.54, 1.807) is 0 Å². The highest BCUT2D eigenvalue weighted by Gasteiger charge is 2.16. The van der Waals surface area contributed by atoms with Crippen LogP contribution in [-0.4, -0.2) is 28.0 Å². The number of hydrogen-bond donors (Lipinski definition) is 1. The number of benzene rings is 1. The van der Waals surface area contributed by atoms with E-state index in [2.05, 4.69) is 18.0 Å². The van der Waals surface area contributed by atoms with Gasteiger partial charge in [0.2, 0.25) is 5.89 Å². The molecule has 6 nitrogen and oxygen atoms in total. The van der Waals surface area contributed by atoms with Crippen LogP contribution in [0.1, 0.15) is 34.6 Å². The number of aryl methyl sites for hydroxylation is 1. The summed E-state index contributed by atoms with van der Waals surface area (Å²) in [6.45, 7) is 3.16. The van der Waals surface area contributed by atoms with Crippen molar-refractivity contribution in [1.82, 2.24) is 9.88 Å². The third kappa shape index (κ3) is 3.12. The van der Waals surface area contributed by atoms with Gasteiger partial charge in [0.15, 0.2) is 5.69 Å². The summed E-state index contributed by atoms with van der Waals surface area (Å²) >= 11 is 0. The van der Waals surface area contributed by atoms with E-state index in [1.807, 2.05) is 30.1 Å². The van der Waals surface area contributed by atoms with Crippen LogP contribution < -0.4 is 0 Å². The number of furan rings is 1. The Morgan fingerprint density at radius 2 is 2.09 bits per heavy atom. The second-order valence-electron chi connectivity index (χ2n) is 5.46. The maximum atomic E-state index is 10.8. The van der Waals surface area contributed by atoms with Crippen molar-refractivity contribution in [3.8, 4) is 0 Å². The van der Waals surface area contributed by atoms with E-state index in [4.69, 9.17) is 13.9 Å². The second kappa shape index (κ2) is 6.26. The average Bonchev–Trinajstić information content (AvgIpc) is 3.12. The lowest BCUT2D eigenvalue weighted by atomic mass is 10.1. The fourth-order valence-corrected chi connectivity index (χ4v) is 2.65. The lowest BCUT2D eigenvalue weighted by Gasteiger charge is -2.14. The van der Waals surface area contributed by atoms with Crippen LogP contribution in [0.25, 0.3) is 11.0 Å². The number of aromatic nitrogens is 1. The first-order valence-corrected chi connectivity index (χ1v) is 7.44. The van der Waals surface area contributed by atoms with Gasteiger partial charge in [0, 0.05) is 23.9 Å². The Kier molecular flexibility index (Phi) is 4.16. The highest BCUT2D eigenvalue weighted by molar-refractivity contribution is 5.84. The van der Waals surface area contributed by atoms with Gasteiger partial charge >= 0.3 is 5.97 Å². The lowest BCUT2D eigenvalue weighted by molar-refractivity contribution is 0.0690. The molecule has 0 fully saturated rings. The van der Waals surface area contributed by atoms with E-state index in [1.165, 1.54) is 0 Å². The SMILES string of the molecule is CCc1oc2ccccc2c1CN(C)Cc1nc(C(=O)O)co1. The summed E-state index contributed by atoms with van der Waals surface area (Å²) in [6.07, 6.45) is 1.98. The van der Waals surface area contributed by atoms with Gasteiger partial charge in [-0.2, -0.15) is 0 Å². The molecule has 0 saturated carbocycles. The Balaban J connectivity index is 1.79. The second-order valence-corrected chi connectivity index (χ2v) is 5.46. The molecular weight excluding hydrogens is 296 g/mol. The van der Waals surface area contributed by atoms with Crippen molar-refractivity contribution in [2.45, 2.75) is 26.4 Å². The number of oxazole rings is 1. The lowest BCUT2D eigenvalue weighted by Crippen LogP contribution is -2.18. The molecule has 0 aliphatic heterocycles. The number of carbonyl (C=O) groups is 1. The molecule has 0 spiro atoms. The predicted molar refractivity (Wildman–Crippen MR) is 84.2 cm³/mol. The van der Waals surface area contributed by atoms with Gasteiger partial charge in [-0.1, -0.05) is 25.1 Å². The van der Waals surface area contributed by atoms with Crippen LogP contribution in [-0.2, 0) is 19.5 Å². The van der Waals surface area contributed by atoms with Gasteiger partial charge in [-0.3, -0.25) is 4.90 Å². The summed E-state index contributed by atoms with van der Waals surface area (Å²) in [4.78, 5) is 16.8. The number of aromatic carboxylic acids is 1. The molecular formula is C17H18N2O4. The Bertz CT molecular complexity index is 834. The molecule has 1 N–H and O–H groups in total. The van der Waals surface area contributed by atoms with Crippen molar-refractivity contribution in [1.29, 1.82) is 0 Å². The topological polar surface area (TPSA) is 79.7 Å². The molecule has 2 heterocycles. The maximum absolute atomic E-state index is 10.8. The number of carboxylic acids is 1. The highest BCUT2D eigenvalue weighted by Crippen LogP contribution is 2.27. The van der Waals surface area contributed by atoms with Crippen molar-refractivity contribution in [2.75, 3.05) is 7.05 Å². The number of para-hydroxylation sites is 1. The molecule has 0 radical (unpaired) electrons. The van der Waals surface area contributed by atoms with E-state index in [0.29, 0.717) is 19.0 Å². The zero-order valence-corrected chi connectivity index (χ0v) is 13.1. The van der Waals surface area contributed by atoms with E-state index in [0.717, 1.165) is 35.0 Å². The molecule has 3 rings (SSSR count). The summed E-state index contributed by atoms with van der Waals surface area (Å²) in [6, 6.07) is 7.97. The minimum Gasteiger partial charge on any atom is -0.476 e. The summed E-state index contributed by atoms with van der Waals surface area (Å²) in [5.41, 5.74) is 1.96. The van der Waals surface area contributed by atoms with Crippen molar-refractivity contribution in [3.05, 3.63) is 53.4 Å². The first-order valence-electron chi connectivity index (χ1n) is 7.44. The number of hydrogen-bond acceptors (Lipinski definition) is 5. The van der Waals surface area contributed by atoms with Crippen LogP contribution >= 0.6 is 0 Å². The molecule has 0 bridgehead atoms. The first-order chi connectivity index (χ1) is 11.1. The van der Waals surface area contributed by atoms with Crippen molar-refractivity contribution >= 4 is 16.9 Å². The fourth-order valence-electron chi connectivity index (χ4n) is 2.65. The molecule has 23 heavy (non-hydrogen) atoms. The number of carboxylic acid groups (broad SMARTS) is 1. The monoisotopic (exact) mass is 314 g/mol.